The van der Waals surface area contributed by atoms with Crippen molar-refractivity contribution >= 4 is 34.9 Å². The molecule has 0 bridgehead atoms. The van der Waals surface area contributed by atoms with Crippen LogP contribution < -0.4 is 0 Å². The SMILES string of the molecule is CC(=O)c1c(C)cn(C(=O)c2c(Cl)cccc2Cl)c1C. The van der Waals surface area contributed by atoms with E-state index >= 15 is 0 Å². The summed E-state index contributed by atoms with van der Waals surface area (Å²) in [5.41, 5.74) is 2.15. The van der Waals surface area contributed by atoms with Gasteiger partial charge in [0.15, 0.2) is 5.78 Å². The topological polar surface area (TPSA) is 39.1 Å². The molecule has 1 aromatic carbocycles. The van der Waals surface area contributed by atoms with Crippen LogP contribution in [-0.2, 0) is 0 Å². The molecule has 3 nitrogen and oxygen atoms in total. The molecule has 2 rings (SSSR count). The van der Waals surface area contributed by atoms with Crippen LogP contribution in [0.3, 0.4) is 0 Å². The van der Waals surface area contributed by atoms with Crippen molar-refractivity contribution in [3.63, 3.8) is 0 Å². The van der Waals surface area contributed by atoms with E-state index in [2.05, 4.69) is 0 Å². The minimum absolute atomic E-state index is 0.0724. The molecule has 1 aromatic heterocycles. The number of ketones is 1. The number of nitrogens with zero attached hydrogens (tertiary/aromatic N) is 1. The quantitative estimate of drug-likeness (QED) is 0.776. The summed E-state index contributed by atoms with van der Waals surface area (Å²) in [5.74, 6) is -0.412. The Morgan fingerprint density at radius 1 is 1.05 bits per heavy atom. The molecule has 0 N–H and O–H groups in total. The molecule has 5 heteroatoms. The lowest BCUT2D eigenvalue weighted by Gasteiger charge is -2.08. The summed E-state index contributed by atoms with van der Waals surface area (Å²) in [6, 6.07) is 4.90. The number of halogens is 2. The average molecular weight is 310 g/mol. The van der Waals surface area contributed by atoms with Crippen molar-refractivity contribution in [1.82, 2.24) is 4.57 Å². The van der Waals surface area contributed by atoms with Gasteiger partial charge in [-0.05, 0) is 38.5 Å². The summed E-state index contributed by atoms with van der Waals surface area (Å²) < 4.78 is 1.42. The summed E-state index contributed by atoms with van der Waals surface area (Å²) in [5, 5.41) is 0.579. The third kappa shape index (κ3) is 2.39. The van der Waals surface area contributed by atoms with Crippen molar-refractivity contribution in [2.75, 3.05) is 0 Å². The van der Waals surface area contributed by atoms with Crippen LogP contribution in [0.4, 0.5) is 0 Å². The summed E-state index contributed by atoms with van der Waals surface area (Å²) in [6.45, 7) is 5.00. The van der Waals surface area contributed by atoms with Gasteiger partial charge in [-0.2, -0.15) is 0 Å². The van der Waals surface area contributed by atoms with Gasteiger partial charge in [0.25, 0.3) is 5.91 Å². The Balaban J connectivity index is 2.61. The monoisotopic (exact) mass is 309 g/mol. The molecule has 0 radical (unpaired) electrons. The summed E-state index contributed by atoms with van der Waals surface area (Å²) in [4.78, 5) is 24.2. The van der Waals surface area contributed by atoms with Crippen LogP contribution >= 0.6 is 23.2 Å². The molecule has 0 unspecified atom stereocenters. The van der Waals surface area contributed by atoms with E-state index in [1.54, 1.807) is 38.2 Å². The molecule has 0 aliphatic heterocycles. The molecule has 0 aliphatic rings. The zero-order valence-electron chi connectivity index (χ0n) is 11.3. The zero-order valence-corrected chi connectivity index (χ0v) is 12.8. The smallest absolute Gasteiger partial charge is 0.265 e. The van der Waals surface area contributed by atoms with Crippen molar-refractivity contribution in [2.45, 2.75) is 20.8 Å². The van der Waals surface area contributed by atoms with E-state index < -0.39 is 0 Å². The van der Waals surface area contributed by atoms with Crippen molar-refractivity contribution < 1.29 is 9.59 Å². The highest BCUT2D eigenvalue weighted by Crippen LogP contribution is 2.27. The average Bonchev–Trinajstić information content (AvgIpc) is 2.64. The predicted octanol–water partition coefficient (Wildman–Crippen LogP) is 4.30. The Morgan fingerprint density at radius 2 is 1.60 bits per heavy atom. The first-order chi connectivity index (χ1) is 9.34. The Bertz CT molecular complexity index is 697. The molecule has 0 spiro atoms. The zero-order chi connectivity index (χ0) is 15.0. The second-order valence-corrected chi connectivity index (χ2v) is 5.41. The molecule has 0 atom stereocenters. The molecule has 20 heavy (non-hydrogen) atoms. The summed E-state index contributed by atoms with van der Waals surface area (Å²) in [7, 11) is 0. The van der Waals surface area contributed by atoms with Crippen molar-refractivity contribution in [3.8, 4) is 0 Å². The number of Topliss-reactive ketones (excluding diaryl/α,β-unsaturated/α-hetero) is 1. The second-order valence-electron chi connectivity index (χ2n) is 4.60. The van der Waals surface area contributed by atoms with E-state index in [0.717, 1.165) is 5.56 Å². The van der Waals surface area contributed by atoms with E-state index in [4.69, 9.17) is 23.2 Å². The maximum absolute atomic E-state index is 12.6. The normalized spacial score (nSPS) is 10.7. The van der Waals surface area contributed by atoms with Crippen LogP contribution in [0, 0.1) is 13.8 Å². The van der Waals surface area contributed by atoms with Gasteiger partial charge in [0.2, 0.25) is 0 Å². The van der Waals surface area contributed by atoms with Crippen molar-refractivity contribution in [2.24, 2.45) is 0 Å². The fourth-order valence-electron chi connectivity index (χ4n) is 2.33. The van der Waals surface area contributed by atoms with Crippen LogP contribution in [0.15, 0.2) is 24.4 Å². The van der Waals surface area contributed by atoms with Gasteiger partial charge in [0.05, 0.1) is 15.6 Å². The first kappa shape index (κ1) is 14.8. The van der Waals surface area contributed by atoms with Crippen molar-refractivity contribution in [3.05, 3.63) is 56.8 Å². The number of hydrogen-bond acceptors (Lipinski definition) is 2. The number of carbonyl (C=O) groups is 2. The summed E-state index contributed by atoms with van der Waals surface area (Å²) in [6.07, 6.45) is 1.63. The first-order valence-corrected chi connectivity index (χ1v) is 6.78. The largest absolute Gasteiger partial charge is 0.294 e. The lowest BCUT2D eigenvalue weighted by atomic mass is 10.1. The molecular formula is C15H13Cl2NO2. The Labute approximate surface area is 127 Å². The fourth-order valence-corrected chi connectivity index (χ4v) is 2.89. The Kier molecular flexibility index (Phi) is 4.02. The highest BCUT2D eigenvalue weighted by Gasteiger charge is 2.21. The lowest BCUT2D eigenvalue weighted by Crippen LogP contribution is -2.14. The third-order valence-corrected chi connectivity index (χ3v) is 3.82. The lowest BCUT2D eigenvalue weighted by molar-refractivity contribution is 0.0958. The van der Waals surface area contributed by atoms with E-state index in [1.165, 1.54) is 11.5 Å². The Hall–Kier alpha value is -1.58. The van der Waals surface area contributed by atoms with Crippen molar-refractivity contribution in [1.29, 1.82) is 0 Å². The van der Waals surface area contributed by atoms with Gasteiger partial charge < -0.3 is 0 Å². The molecule has 0 saturated carbocycles. The van der Waals surface area contributed by atoms with E-state index in [1.807, 2.05) is 0 Å². The Morgan fingerprint density at radius 3 is 2.05 bits per heavy atom. The van der Waals surface area contributed by atoms with Gasteiger partial charge in [0.1, 0.15) is 0 Å². The highest BCUT2D eigenvalue weighted by atomic mass is 35.5. The minimum atomic E-state index is -0.339. The standard InChI is InChI=1S/C15H13Cl2NO2/c1-8-7-18(9(2)13(8)10(3)19)15(20)14-11(16)5-4-6-12(14)17/h4-7H,1-3H3. The van der Waals surface area contributed by atoms with E-state index in [0.29, 0.717) is 11.3 Å². The molecule has 104 valence electrons. The molecule has 2 aromatic rings. The number of aromatic nitrogens is 1. The predicted molar refractivity (Wildman–Crippen MR) is 80.1 cm³/mol. The van der Waals surface area contributed by atoms with E-state index in [-0.39, 0.29) is 27.3 Å². The molecule has 0 amide bonds. The number of aryl methyl sites for hydroxylation is 1. The van der Waals surface area contributed by atoms with Gasteiger partial charge in [-0.3, -0.25) is 14.2 Å². The molecule has 0 aliphatic carbocycles. The number of rotatable bonds is 2. The van der Waals surface area contributed by atoms with Crippen LogP contribution in [-0.4, -0.2) is 16.3 Å². The van der Waals surface area contributed by atoms with Gasteiger partial charge in [-0.15, -0.1) is 0 Å². The third-order valence-electron chi connectivity index (χ3n) is 3.19. The van der Waals surface area contributed by atoms with E-state index in [9.17, 15) is 9.59 Å². The first-order valence-electron chi connectivity index (χ1n) is 6.02. The van der Waals surface area contributed by atoms with Crippen LogP contribution in [0.25, 0.3) is 0 Å². The second kappa shape index (κ2) is 5.43. The van der Waals surface area contributed by atoms with Gasteiger partial charge >= 0.3 is 0 Å². The van der Waals surface area contributed by atoms with Gasteiger partial charge in [-0.1, -0.05) is 29.3 Å². The molecule has 1 heterocycles. The van der Waals surface area contributed by atoms with Crippen LogP contribution in [0.5, 0.6) is 0 Å². The number of hydrogen-bond donors (Lipinski definition) is 0. The number of carbonyl (C=O) groups excluding carboxylic acids is 2. The fraction of sp³-hybridized carbons (Fsp3) is 0.200. The molecule has 0 fully saturated rings. The number of benzene rings is 1. The maximum atomic E-state index is 12.6. The van der Waals surface area contributed by atoms with Gasteiger partial charge in [-0.25, -0.2) is 0 Å². The molecule has 0 saturated heterocycles. The van der Waals surface area contributed by atoms with Crippen LogP contribution in [0.2, 0.25) is 10.0 Å². The minimum Gasteiger partial charge on any atom is -0.294 e. The maximum Gasteiger partial charge on any atom is 0.265 e. The summed E-state index contributed by atoms with van der Waals surface area (Å²) >= 11 is 12.1. The van der Waals surface area contributed by atoms with Gasteiger partial charge in [0, 0.05) is 17.5 Å². The highest BCUT2D eigenvalue weighted by molar-refractivity contribution is 6.39. The van der Waals surface area contributed by atoms with Crippen LogP contribution in [0.1, 0.15) is 38.9 Å². The molecular weight excluding hydrogens is 297 g/mol.